The predicted octanol–water partition coefficient (Wildman–Crippen LogP) is 3.14. The zero-order valence-corrected chi connectivity index (χ0v) is 16.5. The van der Waals surface area contributed by atoms with Gasteiger partial charge in [0.2, 0.25) is 12.4 Å². The number of carbonyl (C=O) groups excluding carboxylic acids is 1. The Balaban J connectivity index is 1.86. The van der Waals surface area contributed by atoms with Crippen LogP contribution < -0.4 is 10.2 Å². The molecule has 1 fully saturated rings. The van der Waals surface area contributed by atoms with Crippen LogP contribution in [0.1, 0.15) is 50.7 Å². The lowest BCUT2D eigenvalue weighted by atomic mass is 9.92. The number of nitrogens with one attached hydrogen (secondary N) is 1. The van der Waals surface area contributed by atoms with Crippen molar-refractivity contribution in [1.82, 2.24) is 20.1 Å². The summed E-state index contributed by atoms with van der Waals surface area (Å²) in [5.74, 6) is 2.08. The highest BCUT2D eigenvalue weighted by atomic mass is 16.1. The average molecular weight is 368 g/mol. The predicted molar refractivity (Wildman–Crippen MR) is 108 cm³/mol. The van der Waals surface area contributed by atoms with E-state index in [9.17, 15) is 4.79 Å². The number of piperazine rings is 1. The van der Waals surface area contributed by atoms with E-state index in [-0.39, 0.29) is 0 Å². The van der Waals surface area contributed by atoms with Crippen molar-refractivity contribution < 1.29 is 4.79 Å². The van der Waals surface area contributed by atoms with Gasteiger partial charge in [-0.05, 0) is 23.0 Å². The molecule has 0 bridgehead atoms. The molecule has 2 aromatic rings. The van der Waals surface area contributed by atoms with Crippen LogP contribution in [0.5, 0.6) is 0 Å². The maximum Gasteiger partial charge on any atom is 0.247 e. The Morgan fingerprint density at radius 2 is 1.67 bits per heavy atom. The Hall–Kier alpha value is -2.70. The third-order valence-electron chi connectivity index (χ3n) is 4.92. The van der Waals surface area contributed by atoms with Crippen LogP contribution in [0.2, 0.25) is 0 Å². The molecule has 2 heterocycles. The van der Waals surface area contributed by atoms with Gasteiger partial charge in [0.05, 0.1) is 6.20 Å². The fourth-order valence-corrected chi connectivity index (χ4v) is 3.34. The molecule has 1 saturated heterocycles. The quantitative estimate of drug-likeness (QED) is 0.790. The number of carbonyl (C=O) groups is 1. The van der Waals surface area contributed by atoms with Crippen molar-refractivity contribution in [3.63, 3.8) is 0 Å². The highest BCUT2D eigenvalue weighted by Crippen LogP contribution is 2.34. The highest BCUT2D eigenvalue weighted by molar-refractivity contribution is 5.66. The molecular formula is C20H28N6O. The number of benzene rings is 1. The van der Waals surface area contributed by atoms with Crippen molar-refractivity contribution >= 4 is 23.9 Å². The Labute approximate surface area is 160 Å². The number of rotatable bonds is 6. The number of para-hydroxylation sites is 1. The number of hydrogen-bond acceptors (Lipinski definition) is 6. The molecule has 3 rings (SSSR count). The molecule has 0 radical (unpaired) electrons. The second-order valence-electron chi connectivity index (χ2n) is 7.52. The van der Waals surface area contributed by atoms with Crippen LogP contribution in [-0.2, 0) is 4.79 Å². The topological polar surface area (TPSA) is 74.2 Å². The Morgan fingerprint density at radius 1 is 1.04 bits per heavy atom. The summed E-state index contributed by atoms with van der Waals surface area (Å²) in [5.41, 5.74) is 3.64. The first-order valence-corrected chi connectivity index (χ1v) is 9.53. The molecule has 0 atom stereocenters. The van der Waals surface area contributed by atoms with E-state index in [0.29, 0.717) is 49.8 Å². The maximum atomic E-state index is 10.9. The number of aromatic nitrogens is 3. The normalized spacial score (nSPS) is 14.7. The molecule has 1 amide bonds. The Bertz CT molecular complexity index is 758. The fraction of sp³-hybridized carbons (Fsp3) is 0.500. The van der Waals surface area contributed by atoms with Crippen LogP contribution in [0, 0.1) is 0 Å². The van der Waals surface area contributed by atoms with Crippen molar-refractivity contribution in [2.45, 2.75) is 39.5 Å². The lowest BCUT2D eigenvalue weighted by Crippen LogP contribution is -2.46. The standard InChI is InChI=1S/C20H28N6O/c1-14(2)16-6-5-7-17(15(3)4)19(16)22-18-12-21-24-20(23-18)26-10-8-25(13-27)9-11-26/h5-7,12-15H,8-11H2,1-4H3,(H,22,23,24). The minimum Gasteiger partial charge on any atom is -0.342 e. The smallest absolute Gasteiger partial charge is 0.247 e. The molecule has 0 unspecified atom stereocenters. The molecule has 7 nitrogen and oxygen atoms in total. The largest absolute Gasteiger partial charge is 0.342 e. The number of hydrogen-bond donors (Lipinski definition) is 1. The van der Waals surface area contributed by atoms with Gasteiger partial charge in [0, 0.05) is 31.9 Å². The van der Waals surface area contributed by atoms with E-state index >= 15 is 0 Å². The van der Waals surface area contributed by atoms with Gasteiger partial charge in [0.1, 0.15) is 0 Å². The minimum atomic E-state index is 0.400. The summed E-state index contributed by atoms with van der Waals surface area (Å²) >= 11 is 0. The SMILES string of the molecule is CC(C)c1cccc(C(C)C)c1Nc1cnnc(N2CCN(C=O)CC2)n1. The molecule has 1 aromatic heterocycles. The van der Waals surface area contributed by atoms with Gasteiger partial charge >= 0.3 is 0 Å². The van der Waals surface area contributed by atoms with Crippen LogP contribution in [0.4, 0.5) is 17.5 Å². The minimum absolute atomic E-state index is 0.400. The molecule has 1 aromatic carbocycles. The fourth-order valence-electron chi connectivity index (χ4n) is 3.34. The molecule has 0 spiro atoms. The Morgan fingerprint density at radius 3 is 2.22 bits per heavy atom. The summed E-state index contributed by atoms with van der Waals surface area (Å²) in [4.78, 5) is 19.4. The van der Waals surface area contributed by atoms with Crippen LogP contribution in [0.15, 0.2) is 24.4 Å². The van der Waals surface area contributed by atoms with E-state index in [1.807, 2.05) is 0 Å². The molecule has 1 aliphatic rings. The molecule has 1 N–H and O–H groups in total. The van der Waals surface area contributed by atoms with E-state index < -0.39 is 0 Å². The zero-order chi connectivity index (χ0) is 19.4. The van der Waals surface area contributed by atoms with E-state index in [1.165, 1.54) is 11.1 Å². The van der Waals surface area contributed by atoms with Gasteiger partial charge in [-0.25, -0.2) is 0 Å². The van der Waals surface area contributed by atoms with Crippen LogP contribution in [0.3, 0.4) is 0 Å². The van der Waals surface area contributed by atoms with Crippen LogP contribution in [-0.4, -0.2) is 52.7 Å². The van der Waals surface area contributed by atoms with E-state index in [0.717, 1.165) is 12.1 Å². The Kier molecular flexibility index (Phi) is 5.88. The van der Waals surface area contributed by atoms with Gasteiger partial charge in [-0.2, -0.15) is 10.1 Å². The summed E-state index contributed by atoms with van der Waals surface area (Å²) in [6.45, 7) is 11.6. The number of nitrogens with zero attached hydrogens (tertiary/aromatic N) is 5. The monoisotopic (exact) mass is 368 g/mol. The highest BCUT2D eigenvalue weighted by Gasteiger charge is 2.19. The van der Waals surface area contributed by atoms with Gasteiger partial charge < -0.3 is 15.1 Å². The molecule has 7 heteroatoms. The van der Waals surface area contributed by atoms with Gasteiger partial charge in [0.25, 0.3) is 0 Å². The van der Waals surface area contributed by atoms with Gasteiger partial charge in [-0.3, -0.25) is 4.79 Å². The third kappa shape index (κ3) is 4.35. The molecular weight excluding hydrogens is 340 g/mol. The molecule has 0 saturated carbocycles. The summed E-state index contributed by atoms with van der Waals surface area (Å²) in [7, 11) is 0. The summed E-state index contributed by atoms with van der Waals surface area (Å²) < 4.78 is 0. The molecule has 0 aliphatic carbocycles. The number of amides is 1. The van der Waals surface area contributed by atoms with E-state index in [4.69, 9.17) is 0 Å². The second kappa shape index (κ2) is 8.33. The zero-order valence-electron chi connectivity index (χ0n) is 16.5. The van der Waals surface area contributed by atoms with E-state index in [2.05, 4.69) is 71.3 Å². The third-order valence-corrected chi connectivity index (χ3v) is 4.92. The van der Waals surface area contributed by atoms with Crippen molar-refractivity contribution in [3.8, 4) is 0 Å². The van der Waals surface area contributed by atoms with E-state index in [1.54, 1.807) is 11.1 Å². The first-order chi connectivity index (χ1) is 13.0. The van der Waals surface area contributed by atoms with Crippen molar-refractivity contribution in [2.24, 2.45) is 0 Å². The lowest BCUT2D eigenvalue weighted by molar-refractivity contribution is -0.118. The van der Waals surface area contributed by atoms with Crippen LogP contribution >= 0.6 is 0 Å². The summed E-state index contributed by atoms with van der Waals surface area (Å²) in [6, 6.07) is 6.44. The molecule has 27 heavy (non-hydrogen) atoms. The summed E-state index contributed by atoms with van der Waals surface area (Å²) in [6.07, 6.45) is 2.55. The number of anilines is 3. The van der Waals surface area contributed by atoms with Gasteiger partial charge in [-0.15, -0.1) is 5.10 Å². The average Bonchev–Trinajstić information content (AvgIpc) is 2.68. The maximum absolute atomic E-state index is 10.9. The van der Waals surface area contributed by atoms with Crippen molar-refractivity contribution in [2.75, 3.05) is 36.4 Å². The van der Waals surface area contributed by atoms with Gasteiger partial charge in [0.15, 0.2) is 5.82 Å². The van der Waals surface area contributed by atoms with Crippen LogP contribution in [0.25, 0.3) is 0 Å². The molecule has 1 aliphatic heterocycles. The second-order valence-corrected chi connectivity index (χ2v) is 7.52. The van der Waals surface area contributed by atoms with Crippen molar-refractivity contribution in [1.29, 1.82) is 0 Å². The first-order valence-electron chi connectivity index (χ1n) is 9.53. The summed E-state index contributed by atoms with van der Waals surface area (Å²) in [5, 5.41) is 11.8. The van der Waals surface area contributed by atoms with Gasteiger partial charge in [-0.1, -0.05) is 45.9 Å². The first kappa shape index (κ1) is 19.1. The van der Waals surface area contributed by atoms with Crippen molar-refractivity contribution in [3.05, 3.63) is 35.5 Å². The lowest BCUT2D eigenvalue weighted by Gasteiger charge is -2.32. The molecule has 144 valence electrons.